The van der Waals surface area contributed by atoms with E-state index in [1.807, 2.05) is 18.2 Å². The third kappa shape index (κ3) is 3.65. The van der Waals surface area contributed by atoms with Crippen LogP contribution in [0, 0.1) is 0 Å². The third-order valence-corrected chi connectivity index (χ3v) is 4.71. The molecule has 138 valence electrons. The van der Waals surface area contributed by atoms with E-state index >= 15 is 0 Å². The molecule has 2 heterocycles. The highest BCUT2D eigenvalue weighted by atomic mass is 35.5. The van der Waals surface area contributed by atoms with Gasteiger partial charge in [-0.05, 0) is 24.3 Å². The minimum atomic E-state index is 0.337. The molecule has 4 N–H and O–H groups in total. The molecule has 0 saturated carbocycles. The number of nitrogens with one attached hydrogen (secondary N) is 2. The number of ether oxygens (including phenoxy) is 2. The lowest BCUT2D eigenvalue weighted by atomic mass is 10.2. The van der Waals surface area contributed by atoms with Gasteiger partial charge in [0.25, 0.3) is 0 Å². The second-order valence-corrected chi connectivity index (χ2v) is 6.48. The van der Waals surface area contributed by atoms with Crippen molar-refractivity contribution in [3.63, 3.8) is 0 Å². The molecule has 0 amide bonds. The molecule has 1 aliphatic heterocycles. The van der Waals surface area contributed by atoms with Crippen LogP contribution in [0.15, 0.2) is 42.7 Å². The summed E-state index contributed by atoms with van der Waals surface area (Å²) in [5.41, 5.74) is 7.92. The number of halogens is 2. The van der Waals surface area contributed by atoms with Gasteiger partial charge in [0.05, 0.1) is 15.7 Å². The summed E-state index contributed by atoms with van der Waals surface area (Å²) in [6.45, 7) is 1.06. The van der Waals surface area contributed by atoms with Gasteiger partial charge in [-0.3, -0.25) is 0 Å². The molecule has 2 aromatic carbocycles. The maximum Gasteiger partial charge on any atom is 0.163 e. The molecular weight excluding hydrogens is 389 g/mol. The number of benzene rings is 2. The maximum atomic E-state index is 6.22. The van der Waals surface area contributed by atoms with Crippen molar-refractivity contribution in [2.75, 3.05) is 29.6 Å². The van der Waals surface area contributed by atoms with E-state index < -0.39 is 0 Å². The SMILES string of the molecule is Nc1c(Nc2ccc3c(c2)OCCO3)ncnc1Nc1cccc(Cl)c1Cl. The Morgan fingerprint density at radius 2 is 1.67 bits per heavy atom. The number of nitrogen functional groups attached to an aromatic ring is 1. The van der Waals surface area contributed by atoms with Gasteiger partial charge >= 0.3 is 0 Å². The largest absolute Gasteiger partial charge is 0.486 e. The molecule has 0 radical (unpaired) electrons. The third-order valence-electron chi connectivity index (χ3n) is 3.89. The Bertz CT molecular complexity index is 999. The predicted octanol–water partition coefficient (Wildman–Crippen LogP) is 4.62. The van der Waals surface area contributed by atoms with Gasteiger partial charge in [-0.2, -0.15) is 0 Å². The molecule has 0 bridgehead atoms. The molecule has 0 unspecified atom stereocenters. The molecule has 0 saturated heterocycles. The van der Waals surface area contributed by atoms with E-state index in [0.717, 1.165) is 5.69 Å². The number of nitrogens with zero attached hydrogens (tertiary/aromatic N) is 2. The van der Waals surface area contributed by atoms with Gasteiger partial charge in [-0.15, -0.1) is 0 Å². The van der Waals surface area contributed by atoms with Crippen molar-refractivity contribution >= 4 is 51.9 Å². The molecule has 9 heteroatoms. The first-order valence-corrected chi connectivity index (χ1v) is 8.85. The fourth-order valence-corrected chi connectivity index (χ4v) is 2.93. The van der Waals surface area contributed by atoms with Crippen molar-refractivity contribution in [3.05, 3.63) is 52.8 Å². The van der Waals surface area contributed by atoms with Crippen LogP contribution in [0.5, 0.6) is 11.5 Å². The van der Waals surface area contributed by atoms with Crippen LogP contribution in [0.3, 0.4) is 0 Å². The van der Waals surface area contributed by atoms with Crippen molar-refractivity contribution < 1.29 is 9.47 Å². The first kappa shape index (κ1) is 17.5. The second kappa shape index (κ2) is 7.38. The molecule has 1 aromatic heterocycles. The average molecular weight is 404 g/mol. The van der Waals surface area contributed by atoms with Gasteiger partial charge < -0.3 is 25.8 Å². The average Bonchev–Trinajstić information content (AvgIpc) is 2.68. The number of aromatic nitrogens is 2. The maximum absolute atomic E-state index is 6.22. The fraction of sp³-hybridized carbons (Fsp3) is 0.111. The van der Waals surface area contributed by atoms with Crippen LogP contribution in [0.1, 0.15) is 0 Å². The van der Waals surface area contributed by atoms with Gasteiger partial charge in [-0.1, -0.05) is 29.3 Å². The second-order valence-electron chi connectivity index (χ2n) is 5.69. The van der Waals surface area contributed by atoms with Crippen molar-refractivity contribution in [1.82, 2.24) is 9.97 Å². The van der Waals surface area contributed by atoms with E-state index in [1.165, 1.54) is 6.33 Å². The molecule has 0 spiro atoms. The summed E-state index contributed by atoms with van der Waals surface area (Å²) < 4.78 is 11.1. The molecule has 0 atom stereocenters. The number of hydrogen-bond acceptors (Lipinski definition) is 7. The zero-order valence-corrected chi connectivity index (χ0v) is 15.5. The summed E-state index contributed by atoms with van der Waals surface area (Å²) in [6, 6.07) is 10.8. The smallest absolute Gasteiger partial charge is 0.163 e. The number of hydrogen-bond donors (Lipinski definition) is 3. The van der Waals surface area contributed by atoms with E-state index in [-0.39, 0.29) is 0 Å². The van der Waals surface area contributed by atoms with Crippen molar-refractivity contribution in [2.45, 2.75) is 0 Å². The minimum Gasteiger partial charge on any atom is -0.486 e. The topological polar surface area (TPSA) is 94.3 Å². The highest BCUT2D eigenvalue weighted by Crippen LogP contribution is 2.36. The zero-order valence-electron chi connectivity index (χ0n) is 14.0. The number of nitrogens with two attached hydrogens (primary N) is 1. The number of anilines is 5. The molecule has 4 rings (SSSR count). The summed E-state index contributed by atoms with van der Waals surface area (Å²) in [6.07, 6.45) is 1.40. The number of rotatable bonds is 4. The van der Waals surface area contributed by atoms with Gasteiger partial charge in [-0.25, -0.2) is 9.97 Å². The highest BCUT2D eigenvalue weighted by Gasteiger charge is 2.14. The van der Waals surface area contributed by atoms with Crippen LogP contribution in [-0.4, -0.2) is 23.2 Å². The summed E-state index contributed by atoms with van der Waals surface area (Å²) >= 11 is 12.3. The first-order chi connectivity index (χ1) is 13.1. The quantitative estimate of drug-likeness (QED) is 0.584. The van der Waals surface area contributed by atoms with Gasteiger partial charge in [0.15, 0.2) is 23.1 Å². The van der Waals surface area contributed by atoms with Crippen LogP contribution in [0.25, 0.3) is 0 Å². The Balaban J connectivity index is 1.59. The van der Waals surface area contributed by atoms with E-state index in [0.29, 0.717) is 57.8 Å². The van der Waals surface area contributed by atoms with Crippen LogP contribution < -0.4 is 25.8 Å². The molecule has 3 aromatic rings. The van der Waals surface area contributed by atoms with Gasteiger partial charge in [0.2, 0.25) is 0 Å². The summed E-state index contributed by atoms with van der Waals surface area (Å²) in [4.78, 5) is 8.39. The van der Waals surface area contributed by atoms with Crippen molar-refractivity contribution in [2.24, 2.45) is 0 Å². The lowest BCUT2D eigenvalue weighted by molar-refractivity contribution is 0.171. The molecule has 27 heavy (non-hydrogen) atoms. The lowest BCUT2D eigenvalue weighted by Gasteiger charge is -2.19. The van der Waals surface area contributed by atoms with E-state index in [1.54, 1.807) is 18.2 Å². The minimum absolute atomic E-state index is 0.337. The Labute approximate surface area is 165 Å². The molecular formula is C18H15Cl2N5O2. The summed E-state index contributed by atoms with van der Waals surface area (Å²) in [7, 11) is 0. The first-order valence-electron chi connectivity index (χ1n) is 8.10. The normalized spacial score (nSPS) is 12.5. The van der Waals surface area contributed by atoms with E-state index in [4.69, 9.17) is 38.4 Å². The monoisotopic (exact) mass is 403 g/mol. The predicted molar refractivity (Wildman–Crippen MR) is 107 cm³/mol. The number of fused-ring (bicyclic) bond motifs is 1. The lowest BCUT2D eigenvalue weighted by Crippen LogP contribution is -2.15. The fourth-order valence-electron chi connectivity index (χ4n) is 2.58. The van der Waals surface area contributed by atoms with E-state index in [9.17, 15) is 0 Å². The molecule has 1 aliphatic rings. The van der Waals surface area contributed by atoms with Crippen LogP contribution >= 0.6 is 23.2 Å². The van der Waals surface area contributed by atoms with Gasteiger partial charge in [0, 0.05) is 11.8 Å². The summed E-state index contributed by atoms with van der Waals surface area (Å²) in [5.74, 6) is 2.24. The standard InChI is InChI=1S/C18H15Cl2N5O2/c19-11-2-1-3-12(15(11)20)25-18-16(21)17(22-9-23-18)24-10-4-5-13-14(8-10)27-7-6-26-13/h1-5,8-9H,6-7,21H2,(H2,22,23,24,25). The highest BCUT2D eigenvalue weighted by molar-refractivity contribution is 6.43. The van der Waals surface area contributed by atoms with Crippen LogP contribution in [0.2, 0.25) is 10.0 Å². The zero-order chi connectivity index (χ0) is 18.8. The Morgan fingerprint density at radius 3 is 2.48 bits per heavy atom. The molecule has 0 aliphatic carbocycles. The summed E-state index contributed by atoms with van der Waals surface area (Å²) in [5, 5.41) is 7.07. The van der Waals surface area contributed by atoms with Gasteiger partial charge in [0.1, 0.15) is 25.2 Å². The Morgan fingerprint density at radius 1 is 0.926 bits per heavy atom. The molecule has 7 nitrogen and oxygen atoms in total. The Hall–Kier alpha value is -2.90. The van der Waals surface area contributed by atoms with E-state index in [2.05, 4.69) is 20.6 Å². The van der Waals surface area contributed by atoms with Crippen LogP contribution in [-0.2, 0) is 0 Å². The Kier molecular flexibility index (Phi) is 4.79. The molecule has 0 fully saturated rings. The van der Waals surface area contributed by atoms with Crippen molar-refractivity contribution in [1.29, 1.82) is 0 Å². The van der Waals surface area contributed by atoms with Crippen molar-refractivity contribution in [3.8, 4) is 11.5 Å². The van der Waals surface area contributed by atoms with Crippen LogP contribution in [0.4, 0.5) is 28.7 Å².